The molecule has 0 atom stereocenters. The number of carbonyl (C=O) groups excluding carboxylic acids is 2. The van der Waals surface area contributed by atoms with Crippen molar-refractivity contribution in [2.45, 2.75) is 166 Å². The van der Waals surface area contributed by atoms with Crippen LogP contribution in [0.1, 0.15) is 166 Å². The highest BCUT2D eigenvalue weighted by Crippen LogP contribution is 2.29. The lowest BCUT2D eigenvalue weighted by Gasteiger charge is -2.20. The fourth-order valence-corrected chi connectivity index (χ4v) is 6.33. The molecule has 0 unspecified atom stereocenters. The molecule has 53 heavy (non-hydrogen) atoms. The first-order chi connectivity index (χ1) is 25.2. The highest BCUT2D eigenvalue weighted by atomic mass is 16.5. The van der Waals surface area contributed by atoms with Crippen LogP contribution in [0, 0.1) is 0 Å². The second-order valence-corrected chi connectivity index (χ2v) is 15.4. The van der Waals surface area contributed by atoms with Gasteiger partial charge in [0.25, 0.3) is 0 Å². The summed E-state index contributed by atoms with van der Waals surface area (Å²) in [4.78, 5) is 25.5. The van der Waals surface area contributed by atoms with Crippen molar-refractivity contribution in [1.29, 1.82) is 0 Å². The van der Waals surface area contributed by atoms with Crippen molar-refractivity contribution in [1.82, 2.24) is 0 Å². The molecule has 4 nitrogen and oxygen atoms in total. The van der Waals surface area contributed by atoms with Gasteiger partial charge in [0.15, 0.2) is 0 Å². The van der Waals surface area contributed by atoms with E-state index in [4.69, 9.17) is 9.47 Å². The molecule has 0 amide bonds. The third-order valence-electron chi connectivity index (χ3n) is 10.1. The van der Waals surface area contributed by atoms with Crippen molar-refractivity contribution in [2.24, 2.45) is 0 Å². The average Bonchev–Trinajstić information content (AvgIpc) is 3.09. The van der Waals surface area contributed by atoms with Crippen LogP contribution in [-0.2, 0) is 19.1 Å². The van der Waals surface area contributed by atoms with E-state index in [-0.39, 0.29) is 23.1 Å². The van der Waals surface area contributed by atoms with Gasteiger partial charge < -0.3 is 9.47 Å². The van der Waals surface area contributed by atoms with Crippen LogP contribution >= 0.6 is 0 Å². The Bertz CT molecular complexity index is 1520. The predicted octanol–water partition coefficient (Wildman–Crippen LogP) is 14.4. The van der Waals surface area contributed by atoms with E-state index in [0.717, 1.165) is 70.6 Å². The first-order valence-electron chi connectivity index (χ1n) is 20.0. The van der Waals surface area contributed by atoms with Crippen molar-refractivity contribution in [3.05, 3.63) is 116 Å². The van der Waals surface area contributed by atoms with E-state index in [9.17, 15) is 9.59 Å². The van der Waals surface area contributed by atoms with Gasteiger partial charge in [-0.05, 0) is 166 Å². The number of ether oxygens (including phenoxy) is 2. The van der Waals surface area contributed by atoms with E-state index in [0.29, 0.717) is 17.6 Å². The quantitative estimate of drug-likeness (QED) is 0.0694. The zero-order valence-corrected chi connectivity index (χ0v) is 35.9. The van der Waals surface area contributed by atoms with Gasteiger partial charge in [0.1, 0.15) is 0 Å². The molecular weight excluding hydrogens is 653 g/mol. The highest BCUT2D eigenvalue weighted by Gasteiger charge is 2.34. The Morgan fingerprint density at radius 2 is 0.792 bits per heavy atom. The first kappa shape index (κ1) is 47.4. The summed E-state index contributed by atoms with van der Waals surface area (Å²) in [6.07, 6.45) is 34.6. The number of methoxy groups -OCH3 is 2. The standard InChI is InChI=1S/C49H74O4/c1-36(2)20-13-21-37(3)22-14-23-38(4)24-15-25-39(5)26-16-27-40(6)28-17-29-41(7)30-18-31-42(8)32-19-33-43(9)34-35-45-44(10)46(50)48(52-11)49(53-12)47(45)51/h20,22,24,26-27,30,32-33H,13-19,21,23,25,28-29,31,34-35H2,1-12H3/b37-22+,38-24+,39-26+,40-27?,41-30+,42-32+,43-33?. The third-order valence-corrected chi connectivity index (χ3v) is 10.1. The Labute approximate surface area is 325 Å². The van der Waals surface area contributed by atoms with Crippen LogP contribution in [0.25, 0.3) is 0 Å². The monoisotopic (exact) mass is 727 g/mol. The minimum absolute atomic E-state index is 0.00374. The summed E-state index contributed by atoms with van der Waals surface area (Å²) in [6.45, 7) is 21.7. The number of hydrogen-bond donors (Lipinski definition) is 0. The lowest BCUT2D eigenvalue weighted by atomic mass is 9.89. The molecule has 0 spiro atoms. The lowest BCUT2D eigenvalue weighted by molar-refractivity contribution is -0.121. The number of carbonyl (C=O) groups is 2. The Morgan fingerprint density at radius 1 is 0.453 bits per heavy atom. The number of rotatable bonds is 25. The molecule has 0 bridgehead atoms. The SMILES string of the molecule is COC1=C(OC)C(=O)C(CCC(C)=CC/C=C(\C)CC/C=C(\C)CCCC(C)=CC/C=C(\C)CC/C=C(\C)CC/C=C(\C)CCC=C(C)C)=C(C)C1=O. The summed E-state index contributed by atoms with van der Waals surface area (Å²) in [6, 6.07) is 0. The van der Waals surface area contributed by atoms with Crippen molar-refractivity contribution in [3.63, 3.8) is 0 Å². The summed E-state index contributed by atoms with van der Waals surface area (Å²) in [5.74, 6) is -0.526. The molecule has 0 fully saturated rings. The first-order valence-corrected chi connectivity index (χ1v) is 20.0. The molecule has 0 heterocycles. The highest BCUT2D eigenvalue weighted by molar-refractivity contribution is 6.23. The molecule has 0 N–H and O–H groups in total. The molecule has 0 saturated heterocycles. The van der Waals surface area contributed by atoms with Crippen LogP contribution in [0.4, 0.5) is 0 Å². The number of Topliss-reactive ketones (excluding diaryl/α,β-unsaturated/α-hetero) is 2. The van der Waals surface area contributed by atoms with Gasteiger partial charge in [0, 0.05) is 11.1 Å². The molecule has 1 rings (SSSR count). The Kier molecular flexibility index (Phi) is 24.1. The van der Waals surface area contributed by atoms with Gasteiger partial charge in [-0.2, -0.15) is 0 Å². The van der Waals surface area contributed by atoms with Crippen LogP contribution in [0.15, 0.2) is 116 Å². The fraction of sp³-hybridized carbons (Fsp3) is 0.551. The van der Waals surface area contributed by atoms with Gasteiger partial charge >= 0.3 is 0 Å². The van der Waals surface area contributed by atoms with Crippen LogP contribution in [-0.4, -0.2) is 25.8 Å². The number of allylic oxidation sites excluding steroid dienone is 18. The molecular formula is C49H74O4. The molecule has 1 aliphatic rings. The Hall–Kier alpha value is -3.66. The minimum Gasteiger partial charge on any atom is -0.489 e. The van der Waals surface area contributed by atoms with Gasteiger partial charge in [-0.15, -0.1) is 0 Å². The molecule has 0 radical (unpaired) electrons. The van der Waals surface area contributed by atoms with E-state index in [1.807, 2.05) is 0 Å². The van der Waals surface area contributed by atoms with Gasteiger partial charge in [0.2, 0.25) is 23.1 Å². The average molecular weight is 727 g/mol. The number of hydrogen-bond acceptors (Lipinski definition) is 4. The van der Waals surface area contributed by atoms with Gasteiger partial charge in [-0.1, -0.05) is 93.2 Å². The van der Waals surface area contributed by atoms with Crippen LogP contribution in [0.2, 0.25) is 0 Å². The smallest absolute Gasteiger partial charge is 0.228 e. The molecule has 0 saturated carbocycles. The summed E-state index contributed by atoms with van der Waals surface area (Å²) >= 11 is 0. The molecule has 294 valence electrons. The minimum atomic E-state index is -0.273. The van der Waals surface area contributed by atoms with Gasteiger partial charge in [-0.3, -0.25) is 9.59 Å². The van der Waals surface area contributed by atoms with E-state index in [1.54, 1.807) is 6.92 Å². The Balaban J connectivity index is 2.34. The van der Waals surface area contributed by atoms with Crippen molar-refractivity contribution in [3.8, 4) is 0 Å². The van der Waals surface area contributed by atoms with E-state index >= 15 is 0 Å². The molecule has 1 aliphatic carbocycles. The summed E-state index contributed by atoms with van der Waals surface area (Å²) in [5.41, 5.74) is 12.5. The van der Waals surface area contributed by atoms with Gasteiger partial charge in [-0.25, -0.2) is 0 Å². The van der Waals surface area contributed by atoms with Crippen molar-refractivity contribution >= 4 is 11.6 Å². The van der Waals surface area contributed by atoms with Gasteiger partial charge in [0.05, 0.1) is 14.2 Å². The summed E-state index contributed by atoms with van der Waals surface area (Å²) in [7, 11) is 2.78. The van der Waals surface area contributed by atoms with Crippen LogP contribution in [0.3, 0.4) is 0 Å². The second kappa shape index (κ2) is 27.0. The zero-order valence-electron chi connectivity index (χ0n) is 35.9. The maximum Gasteiger partial charge on any atom is 0.228 e. The lowest BCUT2D eigenvalue weighted by Crippen LogP contribution is -2.25. The second-order valence-electron chi connectivity index (χ2n) is 15.4. The molecule has 0 aromatic carbocycles. The Morgan fingerprint density at radius 3 is 1.21 bits per heavy atom. The van der Waals surface area contributed by atoms with E-state index in [2.05, 4.69) is 111 Å². The van der Waals surface area contributed by atoms with Crippen LogP contribution in [0.5, 0.6) is 0 Å². The van der Waals surface area contributed by atoms with E-state index < -0.39 is 0 Å². The molecule has 0 aromatic heterocycles. The molecule has 0 aliphatic heterocycles. The van der Waals surface area contributed by atoms with E-state index in [1.165, 1.54) is 78.1 Å². The van der Waals surface area contributed by atoms with Crippen molar-refractivity contribution < 1.29 is 19.1 Å². The zero-order chi connectivity index (χ0) is 39.8. The van der Waals surface area contributed by atoms with Crippen LogP contribution < -0.4 is 0 Å². The largest absolute Gasteiger partial charge is 0.489 e. The van der Waals surface area contributed by atoms with Crippen molar-refractivity contribution in [2.75, 3.05) is 14.2 Å². The summed E-state index contributed by atoms with van der Waals surface area (Å²) in [5, 5.41) is 0. The maximum absolute atomic E-state index is 12.9. The topological polar surface area (TPSA) is 52.6 Å². The normalized spacial score (nSPS) is 15.9. The number of ketones is 2. The predicted molar refractivity (Wildman–Crippen MR) is 229 cm³/mol. The molecule has 0 aromatic rings. The maximum atomic E-state index is 12.9. The summed E-state index contributed by atoms with van der Waals surface area (Å²) < 4.78 is 10.3. The molecule has 4 heteroatoms. The fourth-order valence-electron chi connectivity index (χ4n) is 6.33. The third kappa shape index (κ3) is 20.4.